The van der Waals surface area contributed by atoms with Crippen molar-refractivity contribution in [2.45, 2.75) is 37.5 Å². The molecule has 0 unspecified atom stereocenters. The van der Waals surface area contributed by atoms with Crippen LogP contribution in [0.3, 0.4) is 0 Å². The summed E-state index contributed by atoms with van der Waals surface area (Å²) in [6.07, 6.45) is 6.88. The van der Waals surface area contributed by atoms with E-state index in [4.69, 9.17) is 4.74 Å². The van der Waals surface area contributed by atoms with Gasteiger partial charge in [0.1, 0.15) is 0 Å². The molecule has 1 saturated heterocycles. The number of ether oxygens (including phenoxy) is 1. The van der Waals surface area contributed by atoms with E-state index in [2.05, 4.69) is 58.4 Å². The van der Waals surface area contributed by atoms with Crippen LogP contribution in [0.15, 0.2) is 66.9 Å². The third kappa shape index (κ3) is 3.97. The highest BCUT2D eigenvalue weighted by Crippen LogP contribution is 2.43. The quantitative estimate of drug-likeness (QED) is 0.618. The van der Waals surface area contributed by atoms with Gasteiger partial charge in [-0.25, -0.2) is 0 Å². The fraction of sp³-hybridized carbons (Fsp3) is 0.407. The van der Waals surface area contributed by atoms with Crippen LogP contribution in [0.2, 0.25) is 0 Å². The van der Waals surface area contributed by atoms with E-state index in [0.717, 1.165) is 44.2 Å². The molecule has 2 aliphatic rings. The number of pyridine rings is 1. The summed E-state index contributed by atoms with van der Waals surface area (Å²) >= 11 is 0. The second kappa shape index (κ2) is 8.80. The van der Waals surface area contributed by atoms with Crippen molar-refractivity contribution in [3.63, 3.8) is 0 Å². The highest BCUT2D eigenvalue weighted by molar-refractivity contribution is 5.89. The van der Waals surface area contributed by atoms with Crippen molar-refractivity contribution < 1.29 is 9.53 Å². The summed E-state index contributed by atoms with van der Waals surface area (Å²) in [6.45, 7) is 2.74. The first-order valence-corrected chi connectivity index (χ1v) is 11.5. The van der Waals surface area contributed by atoms with Gasteiger partial charge >= 0.3 is 0 Å². The van der Waals surface area contributed by atoms with E-state index in [9.17, 15) is 4.79 Å². The predicted octanol–water partition coefficient (Wildman–Crippen LogP) is 4.76. The summed E-state index contributed by atoms with van der Waals surface area (Å²) < 4.78 is 5.96. The molecule has 2 heterocycles. The zero-order valence-corrected chi connectivity index (χ0v) is 18.0. The van der Waals surface area contributed by atoms with Crippen molar-refractivity contribution >= 4 is 16.8 Å². The molecule has 2 aromatic carbocycles. The smallest absolute Gasteiger partial charge is 0.233 e. The molecule has 1 amide bonds. The molecule has 0 N–H and O–H groups in total. The minimum Gasteiger partial charge on any atom is -0.379 e. The van der Waals surface area contributed by atoms with Crippen molar-refractivity contribution in [3.8, 4) is 0 Å². The minimum atomic E-state index is -0.362. The summed E-state index contributed by atoms with van der Waals surface area (Å²) in [4.78, 5) is 20.5. The van der Waals surface area contributed by atoms with Gasteiger partial charge < -0.3 is 9.64 Å². The molecular formula is C27H30N2O2. The Kier molecular flexibility index (Phi) is 5.73. The van der Waals surface area contributed by atoms with Crippen molar-refractivity contribution in [2.24, 2.45) is 5.92 Å². The molecule has 5 rings (SSSR count). The number of carbonyl (C=O) groups excluding carboxylic acids is 1. The second-order valence-electron chi connectivity index (χ2n) is 9.04. The number of benzene rings is 2. The average Bonchev–Trinajstić information content (AvgIpc) is 3.21. The van der Waals surface area contributed by atoms with E-state index in [1.54, 1.807) is 0 Å². The van der Waals surface area contributed by atoms with Crippen LogP contribution in [0.1, 0.15) is 36.8 Å². The molecule has 4 heteroatoms. The maximum absolute atomic E-state index is 13.9. The van der Waals surface area contributed by atoms with Gasteiger partial charge in [0.2, 0.25) is 5.91 Å². The average molecular weight is 415 g/mol. The molecule has 1 aromatic heterocycles. The van der Waals surface area contributed by atoms with Gasteiger partial charge in [0.15, 0.2) is 0 Å². The summed E-state index contributed by atoms with van der Waals surface area (Å²) in [5, 5.41) is 1.20. The highest BCUT2D eigenvalue weighted by atomic mass is 16.5. The molecule has 160 valence electrons. The number of rotatable bonds is 4. The Morgan fingerprint density at radius 3 is 2.71 bits per heavy atom. The molecule has 3 aromatic rings. The van der Waals surface area contributed by atoms with Crippen LogP contribution in [0, 0.1) is 5.92 Å². The van der Waals surface area contributed by atoms with Crippen molar-refractivity contribution in [3.05, 3.63) is 78.0 Å². The summed E-state index contributed by atoms with van der Waals surface area (Å²) in [5.74, 6) is 0.581. The summed E-state index contributed by atoms with van der Waals surface area (Å²) in [6, 6.07) is 20.9. The summed E-state index contributed by atoms with van der Waals surface area (Å²) in [5.41, 5.74) is 3.13. The first kappa shape index (κ1) is 20.2. The number of nitrogens with zero attached hydrogens (tertiary/aromatic N) is 2. The van der Waals surface area contributed by atoms with Gasteiger partial charge in [0.05, 0.1) is 24.1 Å². The van der Waals surface area contributed by atoms with Crippen LogP contribution in [0.4, 0.5) is 0 Å². The number of hydrogen-bond acceptors (Lipinski definition) is 3. The molecule has 31 heavy (non-hydrogen) atoms. The third-order valence-electron chi connectivity index (χ3n) is 7.06. The second-order valence-corrected chi connectivity index (χ2v) is 9.04. The van der Waals surface area contributed by atoms with Gasteiger partial charge in [-0.1, -0.05) is 61.4 Å². The molecule has 0 spiro atoms. The minimum absolute atomic E-state index is 0.284. The molecule has 1 aliphatic heterocycles. The normalized spacial score (nSPS) is 21.2. The Morgan fingerprint density at radius 1 is 1.03 bits per heavy atom. The van der Waals surface area contributed by atoms with E-state index in [1.807, 2.05) is 18.3 Å². The molecule has 0 bridgehead atoms. The van der Waals surface area contributed by atoms with Crippen LogP contribution >= 0.6 is 0 Å². The molecular weight excluding hydrogens is 384 g/mol. The van der Waals surface area contributed by atoms with Gasteiger partial charge in [-0.15, -0.1) is 0 Å². The van der Waals surface area contributed by atoms with Gasteiger partial charge in [-0.2, -0.15) is 0 Å². The van der Waals surface area contributed by atoms with Crippen LogP contribution < -0.4 is 0 Å². The lowest BCUT2D eigenvalue weighted by molar-refractivity contribution is -0.137. The first-order valence-electron chi connectivity index (χ1n) is 11.5. The van der Waals surface area contributed by atoms with E-state index >= 15 is 0 Å². The number of fused-ring (bicyclic) bond motifs is 1. The molecule has 1 saturated carbocycles. The van der Waals surface area contributed by atoms with Gasteiger partial charge in [-0.3, -0.25) is 9.78 Å². The Morgan fingerprint density at radius 2 is 1.87 bits per heavy atom. The van der Waals surface area contributed by atoms with Gasteiger partial charge in [-0.05, 0) is 42.5 Å². The molecule has 4 nitrogen and oxygen atoms in total. The largest absolute Gasteiger partial charge is 0.379 e. The zero-order chi connectivity index (χ0) is 21.1. The summed E-state index contributed by atoms with van der Waals surface area (Å²) in [7, 11) is 0. The SMILES string of the molecule is O=C(N1CCOC[C@@H](Cc2cccc3ncccc23)C1)C1(c2ccccc2)CCCC1. The van der Waals surface area contributed by atoms with Crippen LogP contribution in [0.5, 0.6) is 0 Å². The Hall–Kier alpha value is -2.72. The van der Waals surface area contributed by atoms with Crippen molar-refractivity contribution in [2.75, 3.05) is 26.3 Å². The topological polar surface area (TPSA) is 42.4 Å². The first-order chi connectivity index (χ1) is 15.3. The van der Waals surface area contributed by atoms with E-state index in [0.29, 0.717) is 25.7 Å². The maximum Gasteiger partial charge on any atom is 0.233 e. The van der Waals surface area contributed by atoms with Crippen LogP contribution in [-0.4, -0.2) is 42.1 Å². The number of amides is 1. The lowest BCUT2D eigenvalue weighted by atomic mass is 9.77. The lowest BCUT2D eigenvalue weighted by Gasteiger charge is -2.35. The fourth-order valence-electron chi connectivity index (χ4n) is 5.51. The van der Waals surface area contributed by atoms with Crippen LogP contribution in [-0.2, 0) is 21.4 Å². The fourth-order valence-corrected chi connectivity index (χ4v) is 5.51. The van der Waals surface area contributed by atoms with Crippen molar-refractivity contribution in [1.82, 2.24) is 9.88 Å². The predicted molar refractivity (Wildman–Crippen MR) is 123 cm³/mol. The van der Waals surface area contributed by atoms with E-state index in [-0.39, 0.29) is 11.3 Å². The monoisotopic (exact) mass is 414 g/mol. The Bertz CT molecular complexity index is 1040. The maximum atomic E-state index is 13.9. The Labute approximate surface area is 184 Å². The van der Waals surface area contributed by atoms with E-state index < -0.39 is 0 Å². The number of carbonyl (C=O) groups is 1. The zero-order valence-electron chi connectivity index (χ0n) is 18.0. The lowest BCUT2D eigenvalue weighted by Crippen LogP contribution is -2.47. The van der Waals surface area contributed by atoms with E-state index in [1.165, 1.54) is 16.5 Å². The molecule has 1 aliphatic carbocycles. The van der Waals surface area contributed by atoms with Gasteiger partial charge in [0.25, 0.3) is 0 Å². The van der Waals surface area contributed by atoms with Gasteiger partial charge in [0, 0.05) is 30.6 Å². The van der Waals surface area contributed by atoms with Crippen molar-refractivity contribution in [1.29, 1.82) is 0 Å². The number of aromatic nitrogens is 1. The highest BCUT2D eigenvalue weighted by Gasteiger charge is 2.45. The molecule has 1 atom stereocenters. The molecule has 0 radical (unpaired) electrons. The Balaban J connectivity index is 1.39. The third-order valence-corrected chi connectivity index (χ3v) is 7.06. The van der Waals surface area contributed by atoms with Crippen LogP contribution in [0.25, 0.3) is 10.9 Å². The standard InChI is InChI=1S/C27H30N2O2/c30-26(27(13-4-5-14-27)23-9-2-1-3-10-23)29-16-17-31-20-21(19-29)18-22-8-6-12-25-24(22)11-7-15-28-25/h1-3,6-12,15,21H,4-5,13-14,16-20H2/t21-/m0/s1. The molecule has 2 fully saturated rings. The number of hydrogen-bond donors (Lipinski definition) is 0.